The van der Waals surface area contributed by atoms with Gasteiger partial charge in [-0.3, -0.25) is 0 Å². The van der Waals surface area contributed by atoms with Crippen LogP contribution in [0.5, 0.6) is 5.75 Å². The van der Waals surface area contributed by atoms with E-state index in [9.17, 15) is 9.59 Å². The molecule has 0 bridgehead atoms. The second-order valence-electron chi connectivity index (χ2n) is 5.67. The zero-order valence-electron chi connectivity index (χ0n) is 12.9. The van der Waals surface area contributed by atoms with Crippen molar-refractivity contribution in [2.75, 3.05) is 7.11 Å². The minimum Gasteiger partial charge on any atom is -0.497 e. The van der Waals surface area contributed by atoms with E-state index in [1.807, 2.05) is 0 Å². The van der Waals surface area contributed by atoms with E-state index in [0.29, 0.717) is 11.3 Å². The summed E-state index contributed by atoms with van der Waals surface area (Å²) in [6, 6.07) is 4.18. The van der Waals surface area contributed by atoms with Gasteiger partial charge >= 0.3 is 12.1 Å². The molecule has 0 radical (unpaired) electrons. The molecular formula is C15H21NO5. The van der Waals surface area contributed by atoms with Gasteiger partial charge in [-0.2, -0.15) is 0 Å². The van der Waals surface area contributed by atoms with Crippen LogP contribution in [0.3, 0.4) is 0 Å². The van der Waals surface area contributed by atoms with Gasteiger partial charge in [-0.1, -0.05) is 0 Å². The van der Waals surface area contributed by atoms with Gasteiger partial charge in [0.2, 0.25) is 0 Å². The first-order valence-electron chi connectivity index (χ1n) is 6.54. The van der Waals surface area contributed by atoms with Gasteiger partial charge in [0.05, 0.1) is 18.7 Å². The summed E-state index contributed by atoms with van der Waals surface area (Å²) in [5.41, 5.74) is 0.129. The summed E-state index contributed by atoms with van der Waals surface area (Å²) in [4.78, 5) is 22.8. The molecule has 1 amide bonds. The molecule has 0 aliphatic rings. The van der Waals surface area contributed by atoms with Gasteiger partial charge < -0.3 is 19.9 Å². The number of ether oxygens (including phenoxy) is 2. The average Bonchev–Trinajstić information content (AvgIpc) is 2.35. The fourth-order valence-corrected chi connectivity index (χ4v) is 1.68. The fourth-order valence-electron chi connectivity index (χ4n) is 1.68. The Bertz CT molecular complexity index is 533. The lowest BCUT2D eigenvalue weighted by molar-refractivity contribution is 0.0507. The number of carbonyl (C=O) groups is 2. The molecule has 0 aliphatic heterocycles. The number of alkyl carbamates (subject to hydrolysis) is 1. The van der Waals surface area contributed by atoms with E-state index in [4.69, 9.17) is 14.6 Å². The van der Waals surface area contributed by atoms with Crippen molar-refractivity contribution in [3.63, 3.8) is 0 Å². The van der Waals surface area contributed by atoms with Crippen LogP contribution in [0.25, 0.3) is 0 Å². The molecular weight excluding hydrogens is 274 g/mol. The van der Waals surface area contributed by atoms with Gasteiger partial charge in [0.25, 0.3) is 0 Å². The number of amides is 1. The van der Waals surface area contributed by atoms with Crippen molar-refractivity contribution in [3.8, 4) is 5.75 Å². The largest absolute Gasteiger partial charge is 0.497 e. The molecule has 0 fully saturated rings. The normalized spacial score (nSPS) is 12.4. The van der Waals surface area contributed by atoms with Gasteiger partial charge in [0.15, 0.2) is 0 Å². The van der Waals surface area contributed by atoms with Crippen LogP contribution in [0.1, 0.15) is 49.7 Å². The summed E-state index contributed by atoms with van der Waals surface area (Å²) >= 11 is 0. The van der Waals surface area contributed by atoms with Gasteiger partial charge in [-0.25, -0.2) is 9.59 Å². The molecule has 0 heterocycles. The van der Waals surface area contributed by atoms with Crippen molar-refractivity contribution in [3.05, 3.63) is 29.3 Å². The molecule has 1 rings (SSSR count). The molecule has 0 aliphatic carbocycles. The highest BCUT2D eigenvalue weighted by molar-refractivity contribution is 5.88. The molecule has 0 saturated carbocycles. The van der Waals surface area contributed by atoms with Crippen LogP contribution >= 0.6 is 0 Å². The summed E-state index contributed by atoms with van der Waals surface area (Å²) in [6.45, 7) is 7.05. The van der Waals surface area contributed by atoms with Crippen molar-refractivity contribution in [1.82, 2.24) is 5.32 Å². The number of carboxylic acid groups (broad SMARTS) is 1. The smallest absolute Gasteiger partial charge is 0.408 e. The zero-order chi connectivity index (χ0) is 16.2. The Labute approximate surface area is 124 Å². The standard InChI is InChI=1S/C15H21NO5/c1-9(16-14(19)21-15(2,3)4)10-6-11(13(17)18)8-12(7-10)20-5/h6-9H,1-5H3,(H,16,19)(H,17,18). The van der Waals surface area contributed by atoms with Gasteiger partial charge in [-0.15, -0.1) is 0 Å². The SMILES string of the molecule is COc1cc(C(=O)O)cc(C(C)NC(=O)OC(C)(C)C)c1. The maximum atomic E-state index is 11.7. The van der Waals surface area contributed by atoms with Crippen LogP contribution < -0.4 is 10.1 Å². The van der Waals surface area contributed by atoms with Crippen LogP contribution in [0, 0.1) is 0 Å². The second kappa shape index (κ2) is 6.47. The number of rotatable bonds is 4. The Balaban J connectivity index is 2.91. The Morgan fingerprint density at radius 1 is 1.24 bits per heavy atom. The van der Waals surface area contributed by atoms with Gasteiger partial charge in [-0.05, 0) is 51.5 Å². The van der Waals surface area contributed by atoms with E-state index in [-0.39, 0.29) is 5.56 Å². The lowest BCUT2D eigenvalue weighted by atomic mass is 10.0. The molecule has 6 heteroatoms. The van der Waals surface area contributed by atoms with E-state index in [1.165, 1.54) is 19.2 Å². The van der Waals surface area contributed by atoms with Crippen molar-refractivity contribution in [1.29, 1.82) is 0 Å². The summed E-state index contributed by atoms with van der Waals surface area (Å²) < 4.78 is 10.2. The van der Waals surface area contributed by atoms with E-state index in [2.05, 4.69) is 5.32 Å². The minimum absolute atomic E-state index is 0.0992. The van der Waals surface area contributed by atoms with Crippen LogP contribution in [0.15, 0.2) is 18.2 Å². The maximum absolute atomic E-state index is 11.7. The van der Waals surface area contributed by atoms with E-state index < -0.39 is 23.7 Å². The van der Waals surface area contributed by atoms with Crippen molar-refractivity contribution >= 4 is 12.1 Å². The number of hydrogen-bond acceptors (Lipinski definition) is 4. The minimum atomic E-state index is -1.06. The summed E-state index contributed by atoms with van der Waals surface area (Å²) in [7, 11) is 1.46. The van der Waals surface area contributed by atoms with Gasteiger partial charge in [0, 0.05) is 0 Å². The first-order valence-corrected chi connectivity index (χ1v) is 6.54. The van der Waals surface area contributed by atoms with Crippen molar-refractivity contribution in [2.24, 2.45) is 0 Å². The number of carboxylic acids is 1. The molecule has 1 aromatic carbocycles. The van der Waals surface area contributed by atoms with E-state index in [0.717, 1.165) is 0 Å². The predicted molar refractivity (Wildman–Crippen MR) is 77.7 cm³/mol. The number of benzene rings is 1. The van der Waals surface area contributed by atoms with Crippen molar-refractivity contribution < 1.29 is 24.2 Å². The molecule has 6 nitrogen and oxygen atoms in total. The van der Waals surface area contributed by atoms with Crippen LogP contribution in [-0.2, 0) is 4.74 Å². The van der Waals surface area contributed by atoms with Crippen LogP contribution in [0.2, 0.25) is 0 Å². The van der Waals surface area contributed by atoms with Crippen LogP contribution in [-0.4, -0.2) is 29.9 Å². The van der Waals surface area contributed by atoms with Gasteiger partial charge in [0.1, 0.15) is 11.4 Å². The Kier molecular flexibility index (Phi) is 5.18. The quantitative estimate of drug-likeness (QED) is 0.892. The third-order valence-corrected chi connectivity index (χ3v) is 2.64. The molecule has 116 valence electrons. The number of carbonyl (C=O) groups excluding carboxylic acids is 1. The number of aromatic carboxylic acids is 1. The molecule has 21 heavy (non-hydrogen) atoms. The van der Waals surface area contributed by atoms with Crippen LogP contribution in [0.4, 0.5) is 4.79 Å². The number of nitrogens with one attached hydrogen (secondary N) is 1. The summed E-state index contributed by atoms with van der Waals surface area (Å²) in [5.74, 6) is -0.637. The predicted octanol–water partition coefficient (Wildman–Crippen LogP) is 2.98. The third kappa shape index (κ3) is 5.33. The monoisotopic (exact) mass is 295 g/mol. The Morgan fingerprint density at radius 3 is 2.33 bits per heavy atom. The van der Waals surface area contributed by atoms with Crippen molar-refractivity contribution in [2.45, 2.75) is 39.3 Å². The lowest BCUT2D eigenvalue weighted by Gasteiger charge is -2.22. The highest BCUT2D eigenvalue weighted by Gasteiger charge is 2.19. The molecule has 0 saturated heterocycles. The maximum Gasteiger partial charge on any atom is 0.408 e. The molecule has 1 aromatic rings. The molecule has 2 N–H and O–H groups in total. The number of hydrogen-bond donors (Lipinski definition) is 2. The highest BCUT2D eigenvalue weighted by atomic mass is 16.6. The molecule has 1 unspecified atom stereocenters. The number of methoxy groups -OCH3 is 1. The average molecular weight is 295 g/mol. The van der Waals surface area contributed by atoms with E-state index in [1.54, 1.807) is 33.8 Å². The first kappa shape index (κ1) is 16.8. The second-order valence-corrected chi connectivity index (χ2v) is 5.67. The first-order chi connectivity index (χ1) is 9.62. The molecule has 0 aromatic heterocycles. The fraction of sp³-hybridized carbons (Fsp3) is 0.467. The Hall–Kier alpha value is -2.24. The topological polar surface area (TPSA) is 84.9 Å². The summed E-state index contributed by atoms with van der Waals surface area (Å²) in [6.07, 6.45) is -0.560. The summed E-state index contributed by atoms with van der Waals surface area (Å²) in [5, 5.41) is 11.7. The Morgan fingerprint density at radius 2 is 1.86 bits per heavy atom. The highest BCUT2D eigenvalue weighted by Crippen LogP contribution is 2.22. The molecule has 0 spiro atoms. The third-order valence-electron chi connectivity index (χ3n) is 2.64. The lowest BCUT2D eigenvalue weighted by Crippen LogP contribution is -2.34. The molecule has 1 atom stereocenters. The van der Waals surface area contributed by atoms with E-state index >= 15 is 0 Å². The zero-order valence-corrected chi connectivity index (χ0v) is 12.9.